The van der Waals surface area contributed by atoms with Gasteiger partial charge in [0.05, 0.1) is 19.4 Å². The summed E-state index contributed by atoms with van der Waals surface area (Å²) in [7, 11) is 1.79. The second kappa shape index (κ2) is 7.50. The molecule has 100 valence electrons. The molecule has 0 aliphatic carbocycles. The third-order valence-electron chi connectivity index (χ3n) is 2.38. The monoisotopic (exact) mass is 254 g/mol. The van der Waals surface area contributed by atoms with Crippen molar-refractivity contribution in [1.82, 2.24) is 10.2 Å². The van der Waals surface area contributed by atoms with Gasteiger partial charge in [-0.3, -0.25) is 14.5 Å². The van der Waals surface area contributed by atoms with E-state index in [0.717, 1.165) is 0 Å². The van der Waals surface area contributed by atoms with Crippen molar-refractivity contribution in [2.24, 2.45) is 0 Å². The Bertz CT molecular complexity index is 375. The van der Waals surface area contributed by atoms with Crippen LogP contribution < -0.4 is 5.32 Å². The van der Waals surface area contributed by atoms with Gasteiger partial charge in [-0.2, -0.15) is 0 Å². The highest BCUT2D eigenvalue weighted by molar-refractivity contribution is 5.77. The van der Waals surface area contributed by atoms with Gasteiger partial charge in [-0.15, -0.1) is 0 Å². The molecular weight excluding hydrogens is 236 g/mol. The maximum absolute atomic E-state index is 11.5. The van der Waals surface area contributed by atoms with E-state index in [9.17, 15) is 9.59 Å². The molecule has 0 saturated carbocycles. The number of aliphatic carboxylic acids is 1. The van der Waals surface area contributed by atoms with Gasteiger partial charge >= 0.3 is 5.97 Å². The fourth-order valence-electron chi connectivity index (χ4n) is 1.48. The van der Waals surface area contributed by atoms with Gasteiger partial charge in [0.15, 0.2) is 0 Å². The largest absolute Gasteiger partial charge is 0.481 e. The Morgan fingerprint density at radius 3 is 2.89 bits per heavy atom. The van der Waals surface area contributed by atoms with Gasteiger partial charge in [-0.05, 0) is 32.1 Å². The Labute approximate surface area is 106 Å². The lowest BCUT2D eigenvalue weighted by atomic mass is 10.3. The first-order valence-electron chi connectivity index (χ1n) is 5.77. The van der Waals surface area contributed by atoms with Crippen LogP contribution in [0.5, 0.6) is 0 Å². The van der Waals surface area contributed by atoms with Crippen LogP contribution in [0.4, 0.5) is 0 Å². The number of carbonyl (C=O) groups is 2. The summed E-state index contributed by atoms with van der Waals surface area (Å²) in [6, 6.07) is 3.55. The minimum Gasteiger partial charge on any atom is -0.481 e. The third-order valence-corrected chi connectivity index (χ3v) is 2.38. The van der Waals surface area contributed by atoms with Crippen molar-refractivity contribution in [1.29, 1.82) is 0 Å². The zero-order valence-electron chi connectivity index (χ0n) is 10.4. The lowest BCUT2D eigenvalue weighted by Crippen LogP contribution is -2.35. The summed E-state index contributed by atoms with van der Waals surface area (Å²) >= 11 is 0. The Morgan fingerprint density at radius 2 is 2.28 bits per heavy atom. The van der Waals surface area contributed by atoms with Crippen molar-refractivity contribution in [2.75, 3.05) is 20.1 Å². The molecule has 1 amide bonds. The number of carboxylic acid groups (broad SMARTS) is 1. The highest BCUT2D eigenvalue weighted by atomic mass is 16.4. The molecule has 18 heavy (non-hydrogen) atoms. The number of furan rings is 1. The van der Waals surface area contributed by atoms with Crippen LogP contribution in [0, 0.1) is 0 Å². The molecule has 1 aromatic rings. The van der Waals surface area contributed by atoms with Crippen molar-refractivity contribution in [3.8, 4) is 0 Å². The molecule has 0 aliphatic heterocycles. The molecule has 0 spiro atoms. The minimum atomic E-state index is -0.814. The van der Waals surface area contributed by atoms with Gasteiger partial charge in [0.25, 0.3) is 0 Å². The molecule has 0 radical (unpaired) electrons. The van der Waals surface area contributed by atoms with Gasteiger partial charge in [0, 0.05) is 6.42 Å². The predicted octanol–water partition coefficient (Wildman–Crippen LogP) is 0.692. The minimum absolute atomic E-state index is 0.107. The predicted molar refractivity (Wildman–Crippen MR) is 64.9 cm³/mol. The lowest BCUT2D eigenvalue weighted by Gasteiger charge is -2.15. The van der Waals surface area contributed by atoms with E-state index >= 15 is 0 Å². The van der Waals surface area contributed by atoms with Crippen molar-refractivity contribution in [3.05, 3.63) is 24.2 Å². The molecule has 0 saturated heterocycles. The number of likely N-dealkylation sites (N-methyl/N-ethyl adjacent to an activating group) is 1. The van der Waals surface area contributed by atoms with Gasteiger partial charge in [0.1, 0.15) is 5.76 Å². The van der Waals surface area contributed by atoms with E-state index < -0.39 is 5.97 Å². The summed E-state index contributed by atoms with van der Waals surface area (Å²) in [6.45, 7) is 1.20. The van der Waals surface area contributed by atoms with E-state index in [1.165, 1.54) is 0 Å². The van der Waals surface area contributed by atoms with Crippen LogP contribution in [0.3, 0.4) is 0 Å². The molecule has 0 aliphatic rings. The Balaban J connectivity index is 2.13. The average molecular weight is 254 g/mol. The van der Waals surface area contributed by atoms with Crippen molar-refractivity contribution in [2.45, 2.75) is 19.4 Å². The SMILES string of the molecule is CN(CCCC(=O)O)CC(=O)NCc1ccco1. The highest BCUT2D eigenvalue weighted by Crippen LogP contribution is 1.98. The second-order valence-corrected chi connectivity index (χ2v) is 4.09. The third kappa shape index (κ3) is 6.05. The van der Waals surface area contributed by atoms with Crippen LogP contribution >= 0.6 is 0 Å². The quantitative estimate of drug-likeness (QED) is 0.713. The molecule has 0 bridgehead atoms. The number of nitrogens with one attached hydrogen (secondary N) is 1. The van der Waals surface area contributed by atoms with E-state index in [1.54, 1.807) is 30.3 Å². The van der Waals surface area contributed by atoms with Gasteiger partial charge in [0.2, 0.25) is 5.91 Å². The standard InChI is InChI=1S/C12H18N2O4/c1-14(6-2-5-12(16)17)9-11(15)13-8-10-4-3-7-18-10/h3-4,7H,2,5-6,8-9H2,1H3,(H,13,15)(H,16,17). The van der Waals surface area contributed by atoms with E-state index in [1.807, 2.05) is 0 Å². The van der Waals surface area contributed by atoms with Crippen LogP contribution in [0.1, 0.15) is 18.6 Å². The van der Waals surface area contributed by atoms with E-state index in [-0.39, 0.29) is 18.9 Å². The van der Waals surface area contributed by atoms with E-state index in [2.05, 4.69) is 5.32 Å². The summed E-state index contributed by atoms with van der Waals surface area (Å²) in [5.41, 5.74) is 0. The molecule has 0 atom stereocenters. The van der Waals surface area contributed by atoms with Crippen molar-refractivity contribution < 1.29 is 19.1 Å². The van der Waals surface area contributed by atoms with Crippen LogP contribution in [0.2, 0.25) is 0 Å². The van der Waals surface area contributed by atoms with E-state index in [0.29, 0.717) is 25.3 Å². The molecule has 1 rings (SSSR count). The summed E-state index contributed by atoms with van der Waals surface area (Å²) < 4.78 is 5.09. The molecule has 1 aromatic heterocycles. The van der Waals surface area contributed by atoms with Crippen LogP contribution in [-0.2, 0) is 16.1 Å². The lowest BCUT2D eigenvalue weighted by molar-refractivity contribution is -0.137. The molecule has 0 unspecified atom stereocenters. The second-order valence-electron chi connectivity index (χ2n) is 4.09. The summed E-state index contributed by atoms with van der Waals surface area (Å²) in [5, 5.41) is 11.2. The number of rotatable bonds is 8. The molecule has 0 fully saturated rings. The number of carboxylic acids is 1. The molecule has 6 nitrogen and oxygen atoms in total. The smallest absolute Gasteiger partial charge is 0.303 e. The highest BCUT2D eigenvalue weighted by Gasteiger charge is 2.07. The number of amides is 1. The number of carbonyl (C=O) groups excluding carboxylic acids is 1. The normalized spacial score (nSPS) is 10.6. The van der Waals surface area contributed by atoms with Crippen LogP contribution in [-0.4, -0.2) is 42.0 Å². The zero-order chi connectivity index (χ0) is 13.4. The van der Waals surface area contributed by atoms with Crippen LogP contribution in [0.25, 0.3) is 0 Å². The first-order chi connectivity index (χ1) is 8.58. The Kier molecular flexibility index (Phi) is 5.93. The van der Waals surface area contributed by atoms with E-state index in [4.69, 9.17) is 9.52 Å². The van der Waals surface area contributed by atoms with Crippen LogP contribution in [0.15, 0.2) is 22.8 Å². The van der Waals surface area contributed by atoms with Gasteiger partial charge in [-0.1, -0.05) is 0 Å². The summed E-state index contributed by atoms with van der Waals surface area (Å²) in [4.78, 5) is 23.7. The molecule has 2 N–H and O–H groups in total. The topological polar surface area (TPSA) is 82.8 Å². The molecule has 0 aromatic carbocycles. The number of hydrogen-bond acceptors (Lipinski definition) is 4. The molecule has 1 heterocycles. The van der Waals surface area contributed by atoms with Gasteiger partial charge < -0.3 is 14.8 Å². The number of nitrogens with zero attached hydrogens (tertiary/aromatic N) is 1. The fraction of sp³-hybridized carbons (Fsp3) is 0.500. The van der Waals surface area contributed by atoms with Crippen molar-refractivity contribution >= 4 is 11.9 Å². The Morgan fingerprint density at radius 1 is 1.50 bits per heavy atom. The Hall–Kier alpha value is -1.82. The maximum atomic E-state index is 11.5. The van der Waals surface area contributed by atoms with Crippen molar-refractivity contribution in [3.63, 3.8) is 0 Å². The zero-order valence-corrected chi connectivity index (χ0v) is 10.4. The molecular formula is C12H18N2O4. The first kappa shape index (κ1) is 14.2. The first-order valence-corrected chi connectivity index (χ1v) is 5.77. The molecule has 6 heteroatoms. The summed E-state index contributed by atoms with van der Waals surface area (Å²) in [5.74, 6) is -0.216. The average Bonchev–Trinajstić information content (AvgIpc) is 2.78. The maximum Gasteiger partial charge on any atom is 0.303 e. The number of hydrogen-bond donors (Lipinski definition) is 2. The fourth-order valence-corrected chi connectivity index (χ4v) is 1.48. The van der Waals surface area contributed by atoms with Gasteiger partial charge in [-0.25, -0.2) is 0 Å². The summed E-state index contributed by atoms with van der Waals surface area (Å²) in [6.07, 6.45) is 2.22.